The molecule has 0 N–H and O–H groups in total. The number of carbonyl (C=O) groups excluding carboxylic acids is 2. The molecule has 0 spiro atoms. The molecule has 1 rings (SSSR count). The highest BCUT2D eigenvalue weighted by Crippen LogP contribution is 2.09. The van der Waals surface area contributed by atoms with Gasteiger partial charge >= 0.3 is 5.97 Å². The van der Waals surface area contributed by atoms with Crippen LogP contribution in [0.5, 0.6) is 0 Å². The molecule has 5 nitrogen and oxygen atoms in total. The van der Waals surface area contributed by atoms with Crippen LogP contribution in [0.3, 0.4) is 0 Å². The number of rotatable bonds is 8. The van der Waals surface area contributed by atoms with Crippen molar-refractivity contribution in [1.29, 1.82) is 0 Å². The second-order valence-corrected chi connectivity index (χ2v) is 6.77. The molecule has 1 aromatic rings. The fourth-order valence-corrected chi connectivity index (χ4v) is 2.97. The molecule has 0 aromatic heterocycles. The van der Waals surface area contributed by atoms with Gasteiger partial charge in [0, 0.05) is 5.56 Å². The van der Waals surface area contributed by atoms with E-state index in [0.717, 1.165) is 18.4 Å². The quantitative estimate of drug-likeness (QED) is 0.540. The van der Waals surface area contributed by atoms with Gasteiger partial charge in [0.1, 0.15) is 11.5 Å². The van der Waals surface area contributed by atoms with Gasteiger partial charge in [-0.05, 0) is 18.9 Å². The van der Waals surface area contributed by atoms with E-state index in [0.29, 0.717) is 5.56 Å². The summed E-state index contributed by atoms with van der Waals surface area (Å²) in [6.45, 7) is 3.76. The first-order valence-corrected chi connectivity index (χ1v) is 8.68. The second kappa shape index (κ2) is 7.93. The van der Waals surface area contributed by atoms with E-state index in [1.165, 1.54) is 0 Å². The largest absolute Gasteiger partial charge is 0.465 e. The minimum absolute atomic E-state index is 0.112. The number of Topliss-reactive ketones (excluding diaryl/α,β-unsaturated/α-hetero) is 1. The van der Waals surface area contributed by atoms with E-state index in [4.69, 9.17) is 0 Å². The van der Waals surface area contributed by atoms with Crippen LogP contribution in [-0.4, -0.2) is 38.3 Å². The molecule has 0 heterocycles. The molecule has 0 radical (unpaired) electrons. The van der Waals surface area contributed by atoms with E-state index in [1.54, 1.807) is 19.1 Å². The number of sulfone groups is 1. The number of benzene rings is 1. The highest BCUT2D eigenvalue weighted by molar-refractivity contribution is 7.92. The molecular formula is C15H20O5S. The third-order valence-corrected chi connectivity index (χ3v) is 4.19. The predicted octanol–water partition coefficient (Wildman–Crippen LogP) is 1.80. The molecule has 0 fully saturated rings. The summed E-state index contributed by atoms with van der Waals surface area (Å²) >= 11 is 0. The molecule has 116 valence electrons. The van der Waals surface area contributed by atoms with Gasteiger partial charge in [0.05, 0.1) is 6.61 Å². The van der Waals surface area contributed by atoms with E-state index in [-0.39, 0.29) is 6.61 Å². The lowest BCUT2D eigenvalue weighted by atomic mass is 10.1. The van der Waals surface area contributed by atoms with Gasteiger partial charge in [0.25, 0.3) is 0 Å². The smallest absolute Gasteiger partial charge is 0.321 e. The Bertz CT molecular complexity index is 587. The zero-order valence-corrected chi connectivity index (χ0v) is 13.1. The van der Waals surface area contributed by atoms with E-state index in [9.17, 15) is 18.0 Å². The van der Waals surface area contributed by atoms with Crippen LogP contribution < -0.4 is 0 Å². The Hall–Kier alpha value is -1.69. The monoisotopic (exact) mass is 312 g/mol. The molecule has 0 aliphatic heterocycles. The minimum atomic E-state index is -3.79. The number of aryl methyl sites for hydroxylation is 1. The molecule has 0 aliphatic carbocycles. The second-order valence-electron chi connectivity index (χ2n) is 4.71. The first kappa shape index (κ1) is 17.4. The average Bonchev–Trinajstić information content (AvgIpc) is 2.38. The topological polar surface area (TPSA) is 77.5 Å². The first-order chi connectivity index (χ1) is 9.88. The molecule has 1 aromatic carbocycles. The SMILES string of the molecule is CCCc1ccc(C(=O)CS(=O)(=O)CC(=O)OCC)cc1. The van der Waals surface area contributed by atoms with Gasteiger partial charge in [0.15, 0.2) is 15.6 Å². The summed E-state index contributed by atoms with van der Waals surface area (Å²) in [7, 11) is -3.79. The number of esters is 1. The Labute approximate surface area is 125 Å². The summed E-state index contributed by atoms with van der Waals surface area (Å²) in [4.78, 5) is 23.1. The van der Waals surface area contributed by atoms with E-state index in [1.807, 2.05) is 12.1 Å². The van der Waals surface area contributed by atoms with Crippen molar-refractivity contribution in [2.75, 3.05) is 18.1 Å². The summed E-state index contributed by atoms with van der Waals surface area (Å²) in [6.07, 6.45) is 1.91. The maximum atomic E-state index is 11.9. The Morgan fingerprint density at radius 1 is 1.05 bits per heavy atom. The van der Waals surface area contributed by atoms with Crippen molar-refractivity contribution in [3.8, 4) is 0 Å². The Morgan fingerprint density at radius 3 is 2.19 bits per heavy atom. The first-order valence-electron chi connectivity index (χ1n) is 6.86. The van der Waals surface area contributed by atoms with Crippen molar-refractivity contribution in [2.45, 2.75) is 26.7 Å². The van der Waals surface area contributed by atoms with Crippen LogP contribution in [0.25, 0.3) is 0 Å². The van der Waals surface area contributed by atoms with Gasteiger partial charge in [-0.2, -0.15) is 0 Å². The van der Waals surface area contributed by atoms with Crippen molar-refractivity contribution < 1.29 is 22.7 Å². The van der Waals surface area contributed by atoms with Crippen molar-refractivity contribution in [3.05, 3.63) is 35.4 Å². The van der Waals surface area contributed by atoms with Crippen LogP contribution >= 0.6 is 0 Å². The van der Waals surface area contributed by atoms with Crippen LogP contribution in [0.15, 0.2) is 24.3 Å². The Morgan fingerprint density at radius 2 is 1.67 bits per heavy atom. The zero-order chi connectivity index (χ0) is 15.9. The third-order valence-electron chi connectivity index (χ3n) is 2.81. The number of ether oxygens (including phenoxy) is 1. The Kier molecular flexibility index (Phi) is 6.55. The van der Waals surface area contributed by atoms with Crippen molar-refractivity contribution in [3.63, 3.8) is 0 Å². The summed E-state index contributed by atoms with van der Waals surface area (Å²) in [5, 5.41) is 0. The maximum absolute atomic E-state index is 11.9. The molecule has 0 saturated heterocycles. The average molecular weight is 312 g/mol. The summed E-state index contributed by atoms with van der Waals surface area (Å²) in [5.74, 6) is -2.79. The van der Waals surface area contributed by atoms with Crippen LogP contribution in [0.1, 0.15) is 36.2 Å². The lowest BCUT2D eigenvalue weighted by Crippen LogP contribution is -2.25. The number of carbonyl (C=O) groups is 2. The van der Waals surface area contributed by atoms with Crippen LogP contribution in [-0.2, 0) is 25.8 Å². The van der Waals surface area contributed by atoms with Crippen molar-refractivity contribution in [2.24, 2.45) is 0 Å². The lowest BCUT2D eigenvalue weighted by Gasteiger charge is -2.05. The highest BCUT2D eigenvalue weighted by atomic mass is 32.2. The highest BCUT2D eigenvalue weighted by Gasteiger charge is 2.22. The summed E-state index contributed by atoms with van der Waals surface area (Å²) < 4.78 is 28.1. The molecule has 0 aliphatic rings. The summed E-state index contributed by atoms with van der Waals surface area (Å²) in [5.41, 5.74) is 1.44. The molecule has 0 bridgehead atoms. The number of hydrogen-bond acceptors (Lipinski definition) is 5. The van der Waals surface area contributed by atoms with E-state index >= 15 is 0 Å². The molecule has 0 atom stereocenters. The molecular weight excluding hydrogens is 292 g/mol. The zero-order valence-electron chi connectivity index (χ0n) is 12.3. The predicted molar refractivity (Wildman–Crippen MR) is 80.1 cm³/mol. The number of hydrogen-bond donors (Lipinski definition) is 0. The Balaban J connectivity index is 2.69. The molecule has 0 amide bonds. The molecule has 0 saturated carbocycles. The summed E-state index contributed by atoms with van der Waals surface area (Å²) in [6, 6.07) is 6.86. The van der Waals surface area contributed by atoms with Gasteiger partial charge in [-0.15, -0.1) is 0 Å². The van der Waals surface area contributed by atoms with E-state index < -0.39 is 33.1 Å². The fraction of sp³-hybridized carbons (Fsp3) is 0.467. The van der Waals surface area contributed by atoms with Crippen LogP contribution in [0.4, 0.5) is 0 Å². The van der Waals surface area contributed by atoms with Crippen LogP contribution in [0.2, 0.25) is 0 Å². The van der Waals surface area contributed by atoms with Crippen molar-refractivity contribution >= 4 is 21.6 Å². The molecule has 0 unspecified atom stereocenters. The van der Waals surface area contributed by atoms with Gasteiger partial charge in [-0.3, -0.25) is 9.59 Å². The third kappa shape index (κ3) is 6.08. The van der Waals surface area contributed by atoms with E-state index in [2.05, 4.69) is 11.7 Å². The van der Waals surface area contributed by atoms with Gasteiger partial charge in [-0.1, -0.05) is 37.6 Å². The minimum Gasteiger partial charge on any atom is -0.465 e. The van der Waals surface area contributed by atoms with Gasteiger partial charge in [-0.25, -0.2) is 8.42 Å². The van der Waals surface area contributed by atoms with Crippen LogP contribution in [0, 0.1) is 0 Å². The van der Waals surface area contributed by atoms with Gasteiger partial charge in [0.2, 0.25) is 0 Å². The van der Waals surface area contributed by atoms with Crippen molar-refractivity contribution in [1.82, 2.24) is 0 Å². The lowest BCUT2D eigenvalue weighted by molar-refractivity contribution is -0.139. The molecule has 21 heavy (non-hydrogen) atoms. The number of ketones is 1. The maximum Gasteiger partial charge on any atom is 0.321 e. The van der Waals surface area contributed by atoms with Gasteiger partial charge < -0.3 is 4.74 Å². The fourth-order valence-electron chi connectivity index (χ4n) is 1.86. The molecule has 6 heteroatoms. The standard InChI is InChI=1S/C15H20O5S/c1-3-5-12-6-8-13(9-7-12)14(16)10-21(18,19)11-15(17)20-4-2/h6-9H,3-5,10-11H2,1-2H3. The normalized spacial score (nSPS) is 11.1.